The van der Waals surface area contributed by atoms with E-state index in [1.54, 1.807) is 22.0 Å². The molecule has 0 aliphatic carbocycles. The molecule has 1 aromatic rings. The number of rotatable bonds is 15. The first-order valence-electron chi connectivity index (χ1n) is 15.0. The Bertz CT molecular complexity index is 1120. The molecule has 3 unspecified atom stereocenters. The minimum atomic E-state index is -1.20. The summed E-state index contributed by atoms with van der Waals surface area (Å²) in [6.45, 7) is 14.3. The van der Waals surface area contributed by atoms with Gasteiger partial charge in [0.2, 0.25) is 11.8 Å². The van der Waals surface area contributed by atoms with E-state index in [-0.39, 0.29) is 30.9 Å². The van der Waals surface area contributed by atoms with Crippen molar-refractivity contribution < 1.29 is 29.0 Å². The van der Waals surface area contributed by atoms with Crippen LogP contribution in [0.3, 0.4) is 0 Å². The van der Waals surface area contributed by atoms with E-state index in [1.807, 2.05) is 44.2 Å². The average molecular weight is 567 g/mol. The monoisotopic (exact) mass is 566 g/mol. The number of benzene rings is 1. The van der Waals surface area contributed by atoms with E-state index in [1.165, 1.54) is 0 Å². The normalized spacial score (nSPS) is 30.6. The number of aliphatic hydroxyl groups is 1. The molecule has 2 amide bonds. The van der Waals surface area contributed by atoms with Gasteiger partial charge in [0.05, 0.1) is 30.8 Å². The summed E-state index contributed by atoms with van der Waals surface area (Å²) in [4.78, 5) is 46.0. The molecular formula is C33H46N2O6. The van der Waals surface area contributed by atoms with Crippen molar-refractivity contribution in [3.63, 3.8) is 0 Å². The highest BCUT2D eigenvalue weighted by molar-refractivity contribution is 5.98. The summed E-state index contributed by atoms with van der Waals surface area (Å²) < 4.78 is 12.5. The van der Waals surface area contributed by atoms with Gasteiger partial charge in [-0.1, -0.05) is 69.2 Å². The lowest BCUT2D eigenvalue weighted by Crippen LogP contribution is -2.59. The summed E-state index contributed by atoms with van der Waals surface area (Å²) in [5.41, 5.74) is -1.20. The van der Waals surface area contributed by atoms with Crippen LogP contribution in [0, 0.1) is 17.8 Å². The number of hydrogen-bond donors (Lipinski definition) is 1. The van der Waals surface area contributed by atoms with Crippen molar-refractivity contribution in [2.75, 3.05) is 26.3 Å². The van der Waals surface area contributed by atoms with Crippen molar-refractivity contribution in [3.05, 3.63) is 61.2 Å². The molecule has 1 aromatic carbocycles. The third-order valence-electron chi connectivity index (χ3n) is 9.42. The zero-order valence-corrected chi connectivity index (χ0v) is 24.8. The summed E-state index contributed by atoms with van der Waals surface area (Å²) in [6.07, 6.45) is 7.51. The SMILES string of the molecule is C=CCCOC(=O)[C@H]1[C@H]2C(=O)N([C@@H](CO)Cc3ccccc3)C(C(=O)N(CC=C)CCCCC)C23CC(C)[C@]1(C)O3. The van der Waals surface area contributed by atoms with E-state index in [2.05, 4.69) is 20.1 Å². The Morgan fingerprint density at radius 1 is 1.24 bits per heavy atom. The van der Waals surface area contributed by atoms with Crippen LogP contribution in [0.25, 0.3) is 0 Å². The number of ether oxygens (including phenoxy) is 2. The number of amides is 2. The van der Waals surface area contributed by atoms with Gasteiger partial charge in [-0.2, -0.15) is 0 Å². The average Bonchev–Trinajstić information content (AvgIpc) is 3.48. The van der Waals surface area contributed by atoms with Gasteiger partial charge in [0, 0.05) is 13.1 Å². The van der Waals surface area contributed by atoms with E-state index in [0.717, 1.165) is 24.8 Å². The van der Waals surface area contributed by atoms with Gasteiger partial charge >= 0.3 is 5.97 Å². The Balaban J connectivity index is 1.79. The van der Waals surface area contributed by atoms with Crippen molar-refractivity contribution in [2.45, 2.75) is 82.6 Å². The fourth-order valence-corrected chi connectivity index (χ4v) is 7.35. The molecule has 3 heterocycles. The van der Waals surface area contributed by atoms with Crippen molar-refractivity contribution in [1.29, 1.82) is 0 Å². The van der Waals surface area contributed by atoms with Crippen LogP contribution in [0.2, 0.25) is 0 Å². The van der Waals surface area contributed by atoms with E-state index >= 15 is 0 Å². The maximum Gasteiger partial charge on any atom is 0.312 e. The zero-order valence-electron chi connectivity index (χ0n) is 24.8. The van der Waals surface area contributed by atoms with Gasteiger partial charge < -0.3 is 24.4 Å². The largest absolute Gasteiger partial charge is 0.465 e. The summed E-state index contributed by atoms with van der Waals surface area (Å²) in [6, 6.07) is 7.98. The lowest BCUT2D eigenvalue weighted by molar-refractivity contribution is -0.163. The van der Waals surface area contributed by atoms with Gasteiger partial charge in [0.1, 0.15) is 17.6 Å². The fraction of sp³-hybridized carbons (Fsp3) is 0.606. The zero-order chi connectivity index (χ0) is 29.8. The van der Waals surface area contributed by atoms with E-state index in [4.69, 9.17) is 9.47 Å². The van der Waals surface area contributed by atoms with Crippen molar-refractivity contribution in [3.8, 4) is 0 Å². The van der Waals surface area contributed by atoms with Crippen LogP contribution in [-0.4, -0.2) is 82.3 Å². The first kappa shape index (κ1) is 31.0. The second kappa shape index (κ2) is 12.9. The number of aliphatic hydroxyl groups excluding tert-OH is 1. The number of nitrogens with zero attached hydrogens (tertiary/aromatic N) is 2. The number of esters is 1. The molecule has 3 fully saturated rings. The van der Waals surface area contributed by atoms with Crippen LogP contribution >= 0.6 is 0 Å². The van der Waals surface area contributed by atoms with Gasteiger partial charge in [0.25, 0.3) is 0 Å². The number of unbranched alkanes of at least 4 members (excludes halogenated alkanes) is 2. The maximum atomic E-state index is 14.6. The number of carbonyl (C=O) groups is 3. The maximum absolute atomic E-state index is 14.6. The Morgan fingerprint density at radius 2 is 1.98 bits per heavy atom. The first-order valence-corrected chi connectivity index (χ1v) is 15.0. The molecule has 41 heavy (non-hydrogen) atoms. The topological polar surface area (TPSA) is 96.4 Å². The van der Waals surface area contributed by atoms with Crippen LogP contribution in [0.5, 0.6) is 0 Å². The molecule has 4 rings (SSSR count). The predicted molar refractivity (Wildman–Crippen MR) is 157 cm³/mol. The lowest BCUT2D eigenvalue weighted by Gasteiger charge is -2.39. The highest BCUT2D eigenvalue weighted by Gasteiger charge is 2.80. The molecule has 0 saturated carbocycles. The molecule has 7 atom stereocenters. The van der Waals surface area contributed by atoms with E-state index < -0.39 is 41.1 Å². The van der Waals surface area contributed by atoms with Crippen LogP contribution in [0.4, 0.5) is 0 Å². The third kappa shape index (κ3) is 5.48. The van der Waals surface area contributed by atoms with Gasteiger partial charge in [-0.25, -0.2) is 0 Å². The fourth-order valence-electron chi connectivity index (χ4n) is 7.35. The van der Waals surface area contributed by atoms with Gasteiger partial charge in [-0.3, -0.25) is 14.4 Å². The second-order valence-electron chi connectivity index (χ2n) is 12.0. The molecule has 224 valence electrons. The molecule has 3 aliphatic heterocycles. The Labute approximate surface area is 244 Å². The Kier molecular flexibility index (Phi) is 9.75. The quantitative estimate of drug-likeness (QED) is 0.196. The van der Waals surface area contributed by atoms with E-state index in [9.17, 15) is 19.5 Å². The molecule has 8 nitrogen and oxygen atoms in total. The first-order chi connectivity index (χ1) is 19.7. The standard InChI is InChI=1S/C33H46N2O6/c1-6-9-14-18-34(17-8-3)30(38)28-33-21-23(4)32(5,41-33)27(31(39)40-19-10-7-2)26(33)29(37)35(28)25(22-36)20-24-15-12-11-13-16-24/h7-8,11-13,15-16,23,25-28,36H,2-3,6,9-10,14,17-22H2,1,4-5H3/t23?,25-,26+,27-,28?,32+,33?/m1/s1. The number of fused-ring (bicyclic) bond motifs is 1. The van der Waals surface area contributed by atoms with Gasteiger partial charge in [0.15, 0.2) is 0 Å². The third-order valence-corrected chi connectivity index (χ3v) is 9.42. The van der Waals surface area contributed by atoms with Crippen LogP contribution < -0.4 is 0 Å². The number of hydrogen-bond acceptors (Lipinski definition) is 6. The summed E-state index contributed by atoms with van der Waals surface area (Å²) in [7, 11) is 0. The van der Waals surface area contributed by atoms with E-state index in [0.29, 0.717) is 32.4 Å². The minimum absolute atomic E-state index is 0.0894. The highest BCUT2D eigenvalue weighted by atomic mass is 16.6. The molecule has 0 radical (unpaired) electrons. The van der Waals surface area contributed by atoms with Crippen LogP contribution in [0.15, 0.2) is 55.6 Å². The Morgan fingerprint density at radius 3 is 2.61 bits per heavy atom. The van der Waals surface area contributed by atoms with Crippen LogP contribution in [-0.2, 0) is 30.3 Å². The van der Waals surface area contributed by atoms with Gasteiger partial charge in [-0.15, -0.1) is 13.2 Å². The predicted octanol–water partition coefficient (Wildman–Crippen LogP) is 3.92. The van der Waals surface area contributed by atoms with Crippen molar-refractivity contribution in [2.24, 2.45) is 17.8 Å². The molecular weight excluding hydrogens is 520 g/mol. The molecule has 3 saturated heterocycles. The summed E-state index contributed by atoms with van der Waals surface area (Å²) >= 11 is 0. The minimum Gasteiger partial charge on any atom is -0.465 e. The molecule has 0 aromatic heterocycles. The molecule has 1 N–H and O–H groups in total. The Hall–Kier alpha value is -2.97. The summed E-state index contributed by atoms with van der Waals surface area (Å²) in [5.74, 6) is -2.85. The molecule has 1 spiro atoms. The number of carbonyl (C=O) groups excluding carboxylic acids is 3. The molecule has 8 heteroatoms. The summed E-state index contributed by atoms with van der Waals surface area (Å²) in [5, 5.41) is 10.7. The number of likely N-dealkylation sites (tertiary alicyclic amines) is 1. The van der Waals surface area contributed by atoms with Crippen molar-refractivity contribution in [1.82, 2.24) is 9.80 Å². The smallest absolute Gasteiger partial charge is 0.312 e. The van der Waals surface area contributed by atoms with Crippen molar-refractivity contribution >= 4 is 17.8 Å². The lowest BCUT2D eigenvalue weighted by atomic mass is 9.62. The molecule has 2 bridgehead atoms. The highest BCUT2D eigenvalue weighted by Crippen LogP contribution is 2.65. The van der Waals surface area contributed by atoms with Gasteiger partial charge in [-0.05, 0) is 44.1 Å². The molecule has 3 aliphatic rings. The van der Waals surface area contributed by atoms with Crippen LogP contribution in [0.1, 0.15) is 58.4 Å². The second-order valence-corrected chi connectivity index (χ2v) is 12.0.